The van der Waals surface area contributed by atoms with E-state index in [2.05, 4.69) is 15.3 Å². The van der Waals surface area contributed by atoms with E-state index in [0.717, 1.165) is 27.9 Å². The molecule has 4 rings (SSSR count). The average Bonchev–Trinajstić information content (AvgIpc) is 3.49. The lowest BCUT2D eigenvalue weighted by Gasteiger charge is -2.07. The molecule has 0 aliphatic heterocycles. The number of anilines is 1. The van der Waals surface area contributed by atoms with Gasteiger partial charge in [0.1, 0.15) is 17.2 Å². The number of amides is 1. The zero-order valence-electron chi connectivity index (χ0n) is 15.2. The summed E-state index contributed by atoms with van der Waals surface area (Å²) >= 11 is 0. The number of methoxy groups -OCH3 is 1. The van der Waals surface area contributed by atoms with Crippen molar-refractivity contribution < 1.29 is 14.6 Å². The summed E-state index contributed by atoms with van der Waals surface area (Å²) in [5.41, 5.74) is 2.74. The molecule has 6 heteroatoms. The third-order valence-electron chi connectivity index (χ3n) is 3.50. The van der Waals surface area contributed by atoms with Gasteiger partial charge in [0.25, 0.3) is 0 Å². The summed E-state index contributed by atoms with van der Waals surface area (Å²) in [4.78, 5) is 17.9. The Morgan fingerprint density at radius 1 is 1.19 bits per heavy atom. The first-order chi connectivity index (χ1) is 12.7. The number of rotatable bonds is 4. The lowest BCUT2D eigenvalue weighted by molar-refractivity contribution is -0.105. The van der Waals surface area contributed by atoms with E-state index in [9.17, 15) is 4.79 Å². The second-order valence-corrected chi connectivity index (χ2v) is 5.63. The van der Waals surface area contributed by atoms with Crippen molar-refractivity contribution in [3.63, 3.8) is 0 Å². The van der Waals surface area contributed by atoms with E-state index in [1.807, 2.05) is 36.5 Å². The van der Waals surface area contributed by atoms with Crippen molar-refractivity contribution >= 4 is 23.3 Å². The Balaban J connectivity index is 0.000000350. The van der Waals surface area contributed by atoms with Crippen LogP contribution in [0.25, 0.3) is 22.2 Å². The minimum atomic E-state index is 0.250. The van der Waals surface area contributed by atoms with E-state index < -0.39 is 0 Å². The van der Waals surface area contributed by atoms with Crippen LogP contribution in [0.15, 0.2) is 42.6 Å². The Morgan fingerprint density at radius 2 is 1.88 bits per heavy atom. The number of fused-ring (bicyclic) bond motifs is 1. The number of nitrogens with zero attached hydrogens (tertiary/aromatic N) is 1. The van der Waals surface area contributed by atoms with Gasteiger partial charge < -0.3 is 20.1 Å². The SMILES string of the molecule is C1CC1.CCO.COc1ccccc1-c1c[nH]c2nc(NC=O)ccc12. The molecule has 0 saturated heterocycles. The molecule has 3 aromatic rings. The highest BCUT2D eigenvalue weighted by molar-refractivity contribution is 5.96. The van der Waals surface area contributed by atoms with Crippen LogP contribution in [0, 0.1) is 0 Å². The van der Waals surface area contributed by atoms with Crippen LogP contribution in [-0.2, 0) is 4.79 Å². The largest absolute Gasteiger partial charge is 0.496 e. The predicted molar refractivity (Wildman–Crippen MR) is 104 cm³/mol. The maximum Gasteiger partial charge on any atom is 0.212 e. The van der Waals surface area contributed by atoms with E-state index >= 15 is 0 Å². The number of carbonyl (C=O) groups excluding carboxylic acids is 1. The fourth-order valence-corrected chi connectivity index (χ4v) is 2.24. The molecular formula is C20H25N3O3. The van der Waals surface area contributed by atoms with Gasteiger partial charge in [-0.25, -0.2) is 4.98 Å². The third-order valence-corrected chi connectivity index (χ3v) is 3.50. The Bertz CT molecular complexity index is 825. The number of hydrogen-bond acceptors (Lipinski definition) is 4. The lowest BCUT2D eigenvalue weighted by atomic mass is 10.0. The fraction of sp³-hybridized carbons (Fsp3) is 0.300. The molecular weight excluding hydrogens is 330 g/mol. The molecule has 0 bridgehead atoms. The molecule has 2 heterocycles. The van der Waals surface area contributed by atoms with Crippen molar-refractivity contribution in [1.82, 2.24) is 9.97 Å². The molecule has 26 heavy (non-hydrogen) atoms. The van der Waals surface area contributed by atoms with Crippen molar-refractivity contribution in [1.29, 1.82) is 0 Å². The van der Waals surface area contributed by atoms with E-state index in [1.165, 1.54) is 19.3 Å². The van der Waals surface area contributed by atoms with Crippen molar-refractivity contribution in [2.24, 2.45) is 0 Å². The highest BCUT2D eigenvalue weighted by Crippen LogP contribution is 2.34. The summed E-state index contributed by atoms with van der Waals surface area (Å²) < 4.78 is 5.39. The van der Waals surface area contributed by atoms with Crippen LogP contribution in [0.4, 0.5) is 5.82 Å². The average molecular weight is 355 g/mol. The highest BCUT2D eigenvalue weighted by atomic mass is 16.5. The van der Waals surface area contributed by atoms with E-state index in [1.54, 1.807) is 20.1 Å². The fourth-order valence-electron chi connectivity index (χ4n) is 2.24. The maximum atomic E-state index is 10.4. The molecule has 3 N–H and O–H groups in total. The number of ether oxygens (including phenoxy) is 1. The van der Waals surface area contributed by atoms with Gasteiger partial charge in [-0.15, -0.1) is 0 Å². The summed E-state index contributed by atoms with van der Waals surface area (Å²) in [6, 6.07) is 11.5. The van der Waals surface area contributed by atoms with Gasteiger partial charge in [0.05, 0.1) is 7.11 Å². The minimum absolute atomic E-state index is 0.250. The number of benzene rings is 1. The Hall–Kier alpha value is -2.86. The Labute approximate surface area is 153 Å². The number of nitrogens with one attached hydrogen (secondary N) is 2. The van der Waals surface area contributed by atoms with E-state index in [0.29, 0.717) is 12.2 Å². The summed E-state index contributed by atoms with van der Waals surface area (Å²) in [5.74, 6) is 1.32. The number of H-pyrrole nitrogens is 1. The standard InChI is InChI=1S/C15H13N3O2.C3H6.C2H6O/c1-20-13-5-3-2-4-10(13)12-8-16-15-11(12)6-7-14(18-15)17-9-19;1-2-3-1;1-2-3/h2-9H,1H3,(H2,16,17,18,19);1-3H2;3H,2H2,1H3. The topological polar surface area (TPSA) is 87.2 Å². The molecule has 0 radical (unpaired) electrons. The van der Waals surface area contributed by atoms with Gasteiger partial charge in [0.15, 0.2) is 0 Å². The molecule has 1 amide bonds. The van der Waals surface area contributed by atoms with Gasteiger partial charge in [-0.1, -0.05) is 37.5 Å². The summed E-state index contributed by atoms with van der Waals surface area (Å²) in [6.45, 7) is 1.93. The molecule has 0 unspecified atom stereocenters. The van der Waals surface area contributed by atoms with Crippen LogP contribution in [0.2, 0.25) is 0 Å². The molecule has 2 aromatic heterocycles. The van der Waals surface area contributed by atoms with Crippen LogP contribution < -0.4 is 10.1 Å². The quantitative estimate of drug-likeness (QED) is 0.618. The molecule has 138 valence electrons. The number of carbonyl (C=O) groups is 1. The molecule has 0 spiro atoms. The number of para-hydroxylation sites is 1. The van der Waals surface area contributed by atoms with Crippen LogP contribution in [-0.4, -0.2) is 35.2 Å². The second-order valence-electron chi connectivity index (χ2n) is 5.63. The van der Waals surface area contributed by atoms with Gasteiger partial charge in [0, 0.05) is 29.3 Å². The van der Waals surface area contributed by atoms with Crippen molar-refractivity contribution in [2.75, 3.05) is 19.0 Å². The molecule has 6 nitrogen and oxygen atoms in total. The summed E-state index contributed by atoms with van der Waals surface area (Å²) in [6.07, 6.45) is 7.00. The third kappa shape index (κ3) is 5.32. The predicted octanol–water partition coefficient (Wildman–Crippen LogP) is 3.98. The Kier molecular flexibility index (Phi) is 7.64. The molecule has 1 aliphatic rings. The molecule has 1 saturated carbocycles. The zero-order valence-corrected chi connectivity index (χ0v) is 15.2. The van der Waals surface area contributed by atoms with Crippen molar-refractivity contribution in [3.8, 4) is 16.9 Å². The first-order valence-corrected chi connectivity index (χ1v) is 8.67. The van der Waals surface area contributed by atoms with Crippen molar-refractivity contribution in [2.45, 2.75) is 26.2 Å². The van der Waals surface area contributed by atoms with E-state index in [4.69, 9.17) is 9.84 Å². The molecule has 1 aromatic carbocycles. The molecule has 1 fully saturated rings. The minimum Gasteiger partial charge on any atom is -0.496 e. The number of hydrogen-bond donors (Lipinski definition) is 3. The van der Waals surface area contributed by atoms with Gasteiger partial charge in [-0.05, 0) is 25.1 Å². The van der Waals surface area contributed by atoms with Gasteiger partial charge in [-0.3, -0.25) is 4.79 Å². The van der Waals surface area contributed by atoms with Crippen LogP contribution in [0.3, 0.4) is 0 Å². The van der Waals surface area contributed by atoms with Gasteiger partial charge in [0.2, 0.25) is 6.41 Å². The normalized spacial score (nSPS) is 11.5. The van der Waals surface area contributed by atoms with Gasteiger partial charge in [-0.2, -0.15) is 0 Å². The van der Waals surface area contributed by atoms with Crippen molar-refractivity contribution in [3.05, 3.63) is 42.6 Å². The lowest BCUT2D eigenvalue weighted by Crippen LogP contribution is -1.96. The number of aromatic nitrogens is 2. The molecule has 1 aliphatic carbocycles. The Morgan fingerprint density at radius 3 is 2.50 bits per heavy atom. The smallest absolute Gasteiger partial charge is 0.212 e. The highest BCUT2D eigenvalue weighted by Gasteiger charge is 2.11. The number of aromatic amines is 1. The first-order valence-electron chi connectivity index (χ1n) is 8.67. The number of aliphatic hydroxyl groups is 1. The zero-order chi connectivity index (χ0) is 18.8. The second kappa shape index (κ2) is 10.2. The first kappa shape index (κ1) is 19.5. The number of aliphatic hydroxyl groups excluding tert-OH is 1. The monoisotopic (exact) mass is 355 g/mol. The van der Waals surface area contributed by atoms with Crippen LogP contribution in [0.5, 0.6) is 5.75 Å². The summed E-state index contributed by atoms with van der Waals surface area (Å²) in [5, 5.41) is 11.1. The maximum absolute atomic E-state index is 10.4. The van der Waals surface area contributed by atoms with Crippen LogP contribution in [0.1, 0.15) is 26.2 Å². The number of pyridine rings is 1. The van der Waals surface area contributed by atoms with E-state index in [-0.39, 0.29) is 6.61 Å². The summed E-state index contributed by atoms with van der Waals surface area (Å²) in [7, 11) is 1.65. The van der Waals surface area contributed by atoms with Crippen LogP contribution >= 0.6 is 0 Å². The molecule has 0 atom stereocenters. The van der Waals surface area contributed by atoms with Gasteiger partial charge >= 0.3 is 0 Å².